The smallest absolute Gasteiger partial charge is 0.292 e. The Bertz CT molecular complexity index is 1290. The van der Waals surface area contributed by atoms with E-state index in [-0.39, 0.29) is 17.6 Å². The van der Waals surface area contributed by atoms with Gasteiger partial charge in [0.15, 0.2) is 5.82 Å². The van der Waals surface area contributed by atoms with Crippen LogP contribution in [0.2, 0.25) is 0 Å². The molecule has 2 N–H and O–H groups in total. The quantitative estimate of drug-likeness (QED) is 0.525. The lowest BCUT2D eigenvalue weighted by Gasteiger charge is -2.33. The molecule has 31 heavy (non-hydrogen) atoms. The molecule has 1 aliphatic heterocycles. The molecule has 0 aliphatic carbocycles. The number of aryl methyl sites for hydroxylation is 1. The fraction of sp³-hybridized carbons (Fsp3) is 0.318. The van der Waals surface area contributed by atoms with Gasteiger partial charge < -0.3 is 19.4 Å². The standard InChI is InChI=1S/C22H22N6O3/c1-12-18(31-21(26-12)22(2,3)30)20(29)28-9-8-15-16(25-11-24-15)17(28)19-23-10-13-6-4-5-7-14(13)27-19/h4-7,10-11,17,30H,8-9H2,1-3H3,(H,24,25)/t17-/m0/s1. The van der Waals surface area contributed by atoms with Gasteiger partial charge in [0.2, 0.25) is 11.7 Å². The number of imidazole rings is 1. The van der Waals surface area contributed by atoms with Crippen molar-refractivity contribution >= 4 is 16.8 Å². The molecule has 3 aromatic heterocycles. The van der Waals surface area contributed by atoms with Gasteiger partial charge in [-0.05, 0) is 26.8 Å². The number of fused-ring (bicyclic) bond motifs is 2. The van der Waals surface area contributed by atoms with Gasteiger partial charge in [0.1, 0.15) is 11.6 Å². The minimum atomic E-state index is -1.29. The van der Waals surface area contributed by atoms with Crippen LogP contribution in [0.3, 0.4) is 0 Å². The molecule has 9 heteroatoms. The van der Waals surface area contributed by atoms with Crippen molar-refractivity contribution in [2.75, 3.05) is 6.54 Å². The molecule has 0 spiro atoms. The largest absolute Gasteiger partial charge is 0.432 e. The summed E-state index contributed by atoms with van der Waals surface area (Å²) in [6.07, 6.45) is 3.98. The zero-order valence-electron chi connectivity index (χ0n) is 17.5. The summed E-state index contributed by atoms with van der Waals surface area (Å²) in [4.78, 5) is 36.3. The minimum absolute atomic E-state index is 0.103. The molecule has 158 valence electrons. The number of nitrogens with one attached hydrogen (secondary N) is 1. The van der Waals surface area contributed by atoms with E-state index in [1.807, 2.05) is 24.3 Å². The summed E-state index contributed by atoms with van der Waals surface area (Å²) in [5, 5.41) is 11.2. The topological polar surface area (TPSA) is 121 Å². The van der Waals surface area contributed by atoms with E-state index >= 15 is 0 Å². The van der Waals surface area contributed by atoms with E-state index in [0.717, 1.165) is 22.3 Å². The average Bonchev–Trinajstić information content (AvgIpc) is 3.38. The lowest BCUT2D eigenvalue weighted by Crippen LogP contribution is -2.41. The Morgan fingerprint density at radius 2 is 2.06 bits per heavy atom. The summed E-state index contributed by atoms with van der Waals surface area (Å²) in [5.74, 6) is 0.372. The monoisotopic (exact) mass is 418 g/mol. The second-order valence-electron chi connectivity index (χ2n) is 8.19. The molecule has 1 aromatic carbocycles. The van der Waals surface area contributed by atoms with Crippen molar-refractivity contribution in [1.29, 1.82) is 0 Å². The fourth-order valence-electron chi connectivity index (χ4n) is 3.87. The maximum Gasteiger partial charge on any atom is 0.292 e. The van der Waals surface area contributed by atoms with Crippen LogP contribution in [0.5, 0.6) is 0 Å². The molecule has 0 unspecified atom stereocenters. The number of H-pyrrole nitrogens is 1. The van der Waals surface area contributed by atoms with Gasteiger partial charge in [-0.1, -0.05) is 18.2 Å². The average molecular weight is 418 g/mol. The summed E-state index contributed by atoms with van der Waals surface area (Å²) in [5.41, 5.74) is 1.61. The molecule has 0 bridgehead atoms. The van der Waals surface area contributed by atoms with Crippen molar-refractivity contribution in [3.05, 3.63) is 71.3 Å². The third kappa shape index (κ3) is 3.27. The Kier molecular flexibility index (Phi) is 4.37. The summed E-state index contributed by atoms with van der Waals surface area (Å²) in [7, 11) is 0. The lowest BCUT2D eigenvalue weighted by molar-refractivity contribution is 0.0439. The normalized spacial score (nSPS) is 16.5. The van der Waals surface area contributed by atoms with Crippen LogP contribution in [0, 0.1) is 6.92 Å². The number of benzene rings is 1. The highest BCUT2D eigenvalue weighted by Crippen LogP contribution is 2.34. The van der Waals surface area contributed by atoms with Gasteiger partial charge in [0.05, 0.1) is 28.9 Å². The molecule has 5 rings (SSSR count). The maximum atomic E-state index is 13.6. The van der Waals surface area contributed by atoms with Gasteiger partial charge in [0, 0.05) is 24.5 Å². The maximum absolute atomic E-state index is 13.6. The number of nitrogens with zero attached hydrogens (tertiary/aromatic N) is 5. The number of rotatable bonds is 3. The van der Waals surface area contributed by atoms with Crippen LogP contribution in [0.4, 0.5) is 0 Å². The first-order valence-corrected chi connectivity index (χ1v) is 10.1. The second-order valence-corrected chi connectivity index (χ2v) is 8.19. The Labute approximate surface area is 178 Å². The number of amides is 1. The first-order chi connectivity index (χ1) is 14.8. The van der Waals surface area contributed by atoms with Gasteiger partial charge in [-0.3, -0.25) is 4.79 Å². The molecule has 0 saturated heterocycles. The van der Waals surface area contributed by atoms with Gasteiger partial charge in [-0.25, -0.2) is 19.9 Å². The van der Waals surface area contributed by atoms with Crippen molar-refractivity contribution in [1.82, 2.24) is 29.8 Å². The third-order valence-corrected chi connectivity index (χ3v) is 5.45. The zero-order valence-corrected chi connectivity index (χ0v) is 17.5. The van der Waals surface area contributed by atoms with Gasteiger partial charge in [-0.15, -0.1) is 0 Å². The Morgan fingerprint density at radius 1 is 1.26 bits per heavy atom. The highest BCUT2D eigenvalue weighted by atomic mass is 16.4. The minimum Gasteiger partial charge on any atom is -0.432 e. The molecule has 0 fully saturated rings. The number of oxazole rings is 1. The molecule has 0 radical (unpaired) electrons. The summed E-state index contributed by atoms with van der Waals surface area (Å²) < 4.78 is 5.70. The van der Waals surface area contributed by atoms with Gasteiger partial charge >= 0.3 is 0 Å². The predicted molar refractivity (Wildman–Crippen MR) is 111 cm³/mol. The number of aromatic amines is 1. The van der Waals surface area contributed by atoms with Crippen LogP contribution in [0.25, 0.3) is 10.9 Å². The number of aromatic nitrogens is 5. The van der Waals surface area contributed by atoms with Crippen molar-refractivity contribution < 1.29 is 14.3 Å². The van der Waals surface area contributed by atoms with E-state index in [2.05, 4.69) is 19.9 Å². The van der Waals surface area contributed by atoms with Crippen LogP contribution < -0.4 is 0 Å². The first kappa shape index (κ1) is 19.4. The molecule has 9 nitrogen and oxygen atoms in total. The van der Waals surface area contributed by atoms with Crippen LogP contribution >= 0.6 is 0 Å². The summed E-state index contributed by atoms with van der Waals surface area (Å²) in [6, 6.07) is 7.17. The molecule has 4 heterocycles. The summed E-state index contributed by atoms with van der Waals surface area (Å²) in [6.45, 7) is 5.25. The van der Waals surface area contributed by atoms with Crippen LogP contribution in [-0.2, 0) is 12.0 Å². The Balaban J connectivity index is 1.60. The van der Waals surface area contributed by atoms with E-state index < -0.39 is 11.6 Å². The van der Waals surface area contributed by atoms with Crippen molar-refractivity contribution in [3.8, 4) is 0 Å². The van der Waals surface area contributed by atoms with Crippen molar-refractivity contribution in [2.24, 2.45) is 0 Å². The van der Waals surface area contributed by atoms with E-state index in [4.69, 9.17) is 9.40 Å². The number of carbonyl (C=O) groups excluding carboxylic acids is 1. The van der Waals surface area contributed by atoms with Crippen LogP contribution in [0.1, 0.15) is 59.2 Å². The SMILES string of the molecule is Cc1nc(C(C)(C)O)oc1C(=O)N1CCc2nc[nH]c2[C@H]1c1ncc2ccccc2n1. The van der Waals surface area contributed by atoms with Crippen LogP contribution in [-0.4, -0.2) is 47.4 Å². The van der Waals surface area contributed by atoms with Crippen LogP contribution in [0.15, 0.2) is 41.2 Å². The molecular formula is C22H22N6O3. The molecule has 0 saturated carbocycles. The molecule has 1 amide bonds. The second kappa shape index (κ2) is 6.98. The van der Waals surface area contributed by atoms with Crippen molar-refractivity contribution in [3.63, 3.8) is 0 Å². The van der Waals surface area contributed by atoms with E-state index in [0.29, 0.717) is 24.5 Å². The van der Waals surface area contributed by atoms with Crippen molar-refractivity contribution in [2.45, 2.75) is 38.8 Å². The van der Waals surface area contributed by atoms with E-state index in [9.17, 15) is 9.90 Å². The number of hydrogen-bond acceptors (Lipinski definition) is 7. The van der Waals surface area contributed by atoms with Gasteiger partial charge in [-0.2, -0.15) is 0 Å². The van der Waals surface area contributed by atoms with E-state index in [1.54, 1.807) is 38.2 Å². The lowest BCUT2D eigenvalue weighted by atomic mass is 10.0. The Hall–Kier alpha value is -3.59. The third-order valence-electron chi connectivity index (χ3n) is 5.45. The molecular weight excluding hydrogens is 396 g/mol. The molecule has 1 atom stereocenters. The fourth-order valence-corrected chi connectivity index (χ4v) is 3.87. The number of aliphatic hydroxyl groups is 1. The predicted octanol–water partition coefficient (Wildman–Crippen LogP) is 2.66. The van der Waals surface area contributed by atoms with E-state index in [1.165, 1.54) is 0 Å². The number of carbonyl (C=O) groups is 1. The highest BCUT2D eigenvalue weighted by molar-refractivity contribution is 5.93. The Morgan fingerprint density at radius 3 is 2.84 bits per heavy atom. The number of hydrogen-bond donors (Lipinski definition) is 2. The zero-order chi connectivity index (χ0) is 21.8. The molecule has 4 aromatic rings. The first-order valence-electron chi connectivity index (χ1n) is 10.1. The highest BCUT2D eigenvalue weighted by Gasteiger charge is 2.39. The summed E-state index contributed by atoms with van der Waals surface area (Å²) >= 11 is 0. The van der Waals surface area contributed by atoms with Gasteiger partial charge in [0.25, 0.3) is 5.91 Å². The number of para-hydroxylation sites is 1. The molecule has 1 aliphatic rings.